The number of nitrogens with one attached hydrogen (secondary N) is 2. The maximum absolute atomic E-state index is 13.5. The molecule has 22 heavy (non-hydrogen) atoms. The number of nitrogens with two attached hydrogens (primary N) is 1. The molecule has 1 aliphatic heterocycles. The van der Waals surface area contributed by atoms with Crippen LogP contribution in [0.25, 0.3) is 0 Å². The summed E-state index contributed by atoms with van der Waals surface area (Å²) in [5, 5.41) is 12.1. The van der Waals surface area contributed by atoms with Crippen molar-refractivity contribution in [3.05, 3.63) is 23.9 Å². The normalized spacial score (nSPS) is 19.7. The average Bonchev–Trinajstić information content (AvgIpc) is 2.97. The minimum atomic E-state index is -4.75. The van der Waals surface area contributed by atoms with Gasteiger partial charge in [0.1, 0.15) is 5.82 Å². The van der Waals surface area contributed by atoms with Gasteiger partial charge in [-0.15, -0.1) is 0 Å². The number of carboxylic acid groups (broad SMARTS) is 1. The van der Waals surface area contributed by atoms with Crippen molar-refractivity contribution < 1.29 is 23.1 Å². The molecule has 0 aromatic carbocycles. The van der Waals surface area contributed by atoms with Crippen LogP contribution in [0.2, 0.25) is 0 Å². The standard InChI is InChI=1S/C12H16F3N5O2/c13-12(14,15)10(7-1-2-9(19-16)18-5-7)20(11(21)22)8-3-4-17-6-8/h1-2,5,8,10,17H,3-4,6,16H2,(H,18,19)(H,21,22)/t8?,10-/m1/s1. The van der Waals surface area contributed by atoms with Crippen LogP contribution < -0.4 is 16.6 Å². The van der Waals surface area contributed by atoms with Crippen LogP contribution in [0.5, 0.6) is 0 Å². The second kappa shape index (κ2) is 6.36. The van der Waals surface area contributed by atoms with Gasteiger partial charge < -0.3 is 15.8 Å². The van der Waals surface area contributed by atoms with Crippen molar-refractivity contribution in [1.29, 1.82) is 0 Å². The Morgan fingerprint density at radius 2 is 2.27 bits per heavy atom. The monoisotopic (exact) mass is 319 g/mol. The number of pyridine rings is 1. The van der Waals surface area contributed by atoms with Gasteiger partial charge in [-0.3, -0.25) is 4.90 Å². The zero-order valence-electron chi connectivity index (χ0n) is 11.5. The Labute approximate surface area is 124 Å². The summed E-state index contributed by atoms with van der Waals surface area (Å²) in [7, 11) is 0. The van der Waals surface area contributed by atoms with Gasteiger partial charge in [0.15, 0.2) is 6.04 Å². The van der Waals surface area contributed by atoms with E-state index in [2.05, 4.69) is 15.7 Å². The number of amides is 1. The van der Waals surface area contributed by atoms with Gasteiger partial charge in [-0.25, -0.2) is 15.6 Å². The molecule has 1 saturated heterocycles. The lowest BCUT2D eigenvalue weighted by atomic mass is 10.0. The number of alkyl halides is 3. The van der Waals surface area contributed by atoms with Crippen LogP contribution in [0, 0.1) is 0 Å². The van der Waals surface area contributed by atoms with Crippen LogP contribution in [-0.2, 0) is 0 Å². The summed E-state index contributed by atoms with van der Waals surface area (Å²) in [5.74, 6) is 5.31. The van der Waals surface area contributed by atoms with Crippen molar-refractivity contribution in [3.63, 3.8) is 0 Å². The van der Waals surface area contributed by atoms with E-state index < -0.39 is 24.4 Å². The molecule has 2 heterocycles. The predicted octanol–water partition coefficient (Wildman–Crippen LogP) is 1.31. The van der Waals surface area contributed by atoms with Gasteiger partial charge in [-0.05, 0) is 19.0 Å². The fourth-order valence-electron chi connectivity index (χ4n) is 2.51. The summed E-state index contributed by atoms with van der Waals surface area (Å²) in [5.41, 5.74) is 1.96. The van der Waals surface area contributed by atoms with Gasteiger partial charge in [-0.1, -0.05) is 6.07 Å². The molecule has 2 rings (SSSR count). The van der Waals surface area contributed by atoms with E-state index in [1.54, 1.807) is 0 Å². The maximum Gasteiger partial charge on any atom is 0.413 e. The van der Waals surface area contributed by atoms with Crippen molar-refractivity contribution >= 4 is 11.9 Å². The van der Waals surface area contributed by atoms with Gasteiger partial charge in [-0.2, -0.15) is 13.2 Å². The van der Waals surface area contributed by atoms with Gasteiger partial charge >= 0.3 is 12.3 Å². The minimum absolute atomic E-state index is 0.189. The molecule has 0 saturated carbocycles. The Morgan fingerprint density at radius 3 is 2.68 bits per heavy atom. The summed E-state index contributed by atoms with van der Waals surface area (Å²) in [4.78, 5) is 15.6. The fourth-order valence-corrected chi connectivity index (χ4v) is 2.51. The Morgan fingerprint density at radius 1 is 1.55 bits per heavy atom. The van der Waals surface area contributed by atoms with E-state index in [4.69, 9.17) is 5.84 Å². The SMILES string of the molecule is NNc1ccc([C@@H](N(C(=O)O)C2CCNC2)C(F)(F)F)cn1. The number of carbonyl (C=O) groups is 1. The third-order valence-electron chi connectivity index (χ3n) is 3.49. The molecule has 2 atom stereocenters. The van der Waals surface area contributed by atoms with Gasteiger partial charge in [0.05, 0.1) is 0 Å². The molecule has 0 spiro atoms. The minimum Gasteiger partial charge on any atom is -0.465 e. The molecule has 1 aromatic heterocycles. The Kier molecular flexibility index (Phi) is 4.71. The summed E-state index contributed by atoms with van der Waals surface area (Å²) < 4.78 is 40.4. The first-order valence-corrected chi connectivity index (χ1v) is 6.56. The zero-order valence-corrected chi connectivity index (χ0v) is 11.5. The highest BCUT2D eigenvalue weighted by Crippen LogP contribution is 2.39. The van der Waals surface area contributed by atoms with E-state index in [0.29, 0.717) is 17.9 Å². The third kappa shape index (κ3) is 3.39. The number of hydrogen-bond donors (Lipinski definition) is 4. The molecule has 1 aromatic rings. The smallest absolute Gasteiger partial charge is 0.413 e. The number of halogens is 3. The van der Waals surface area contributed by atoms with E-state index in [9.17, 15) is 23.1 Å². The number of nitrogen functional groups attached to an aromatic ring is 1. The van der Waals surface area contributed by atoms with E-state index in [1.165, 1.54) is 12.1 Å². The molecule has 0 radical (unpaired) electrons. The Balaban J connectivity index is 2.40. The number of hydrazine groups is 1. The first-order valence-electron chi connectivity index (χ1n) is 6.56. The fraction of sp³-hybridized carbons (Fsp3) is 0.500. The molecule has 1 fully saturated rings. The zero-order chi connectivity index (χ0) is 16.3. The van der Waals surface area contributed by atoms with E-state index in [0.717, 1.165) is 6.20 Å². The third-order valence-corrected chi connectivity index (χ3v) is 3.49. The molecule has 1 unspecified atom stereocenters. The Hall–Kier alpha value is -2.07. The van der Waals surface area contributed by atoms with Gasteiger partial charge in [0.25, 0.3) is 0 Å². The molecular formula is C12H16F3N5O2. The summed E-state index contributed by atoms with van der Waals surface area (Å²) in [6.07, 6.45) is -5.06. The van der Waals surface area contributed by atoms with Crippen LogP contribution in [0.15, 0.2) is 18.3 Å². The molecule has 5 N–H and O–H groups in total. The van der Waals surface area contributed by atoms with Crippen LogP contribution >= 0.6 is 0 Å². The van der Waals surface area contributed by atoms with Crippen molar-refractivity contribution in [2.45, 2.75) is 24.7 Å². The summed E-state index contributed by atoms with van der Waals surface area (Å²) >= 11 is 0. The second-order valence-electron chi connectivity index (χ2n) is 4.90. The number of nitrogens with zero attached hydrogens (tertiary/aromatic N) is 2. The highest BCUT2D eigenvalue weighted by Gasteiger charge is 2.49. The van der Waals surface area contributed by atoms with Crippen molar-refractivity contribution in [2.75, 3.05) is 18.5 Å². The Bertz CT molecular complexity index is 516. The largest absolute Gasteiger partial charge is 0.465 e. The van der Waals surface area contributed by atoms with Gasteiger partial charge in [0.2, 0.25) is 0 Å². The number of rotatable bonds is 4. The van der Waals surface area contributed by atoms with Crippen LogP contribution in [-0.4, -0.2) is 46.4 Å². The summed E-state index contributed by atoms with van der Waals surface area (Å²) in [6.45, 7) is 0.669. The number of hydrogen-bond acceptors (Lipinski definition) is 5. The topological polar surface area (TPSA) is 104 Å². The van der Waals surface area contributed by atoms with Crippen LogP contribution in [0.4, 0.5) is 23.8 Å². The molecular weight excluding hydrogens is 303 g/mol. The molecule has 7 nitrogen and oxygen atoms in total. The lowest BCUT2D eigenvalue weighted by molar-refractivity contribution is -0.185. The number of aromatic nitrogens is 1. The van der Waals surface area contributed by atoms with Crippen molar-refractivity contribution in [3.8, 4) is 0 Å². The molecule has 1 amide bonds. The highest BCUT2D eigenvalue weighted by molar-refractivity contribution is 5.66. The lowest BCUT2D eigenvalue weighted by Gasteiger charge is -2.35. The summed E-state index contributed by atoms with van der Waals surface area (Å²) in [6, 6.07) is -0.578. The van der Waals surface area contributed by atoms with Crippen LogP contribution in [0.1, 0.15) is 18.0 Å². The predicted molar refractivity (Wildman–Crippen MR) is 72.0 cm³/mol. The van der Waals surface area contributed by atoms with E-state index >= 15 is 0 Å². The molecule has 1 aliphatic rings. The average molecular weight is 319 g/mol. The van der Waals surface area contributed by atoms with Crippen molar-refractivity contribution in [2.24, 2.45) is 5.84 Å². The van der Waals surface area contributed by atoms with E-state index in [1.807, 2.05) is 0 Å². The van der Waals surface area contributed by atoms with Crippen LogP contribution in [0.3, 0.4) is 0 Å². The molecule has 0 bridgehead atoms. The quantitative estimate of drug-likeness (QED) is 0.493. The molecule has 0 aliphatic carbocycles. The number of anilines is 1. The first kappa shape index (κ1) is 16.3. The molecule has 122 valence electrons. The maximum atomic E-state index is 13.5. The highest BCUT2D eigenvalue weighted by atomic mass is 19.4. The lowest BCUT2D eigenvalue weighted by Crippen LogP contribution is -2.48. The van der Waals surface area contributed by atoms with Gasteiger partial charge in [0, 0.05) is 24.3 Å². The van der Waals surface area contributed by atoms with E-state index in [-0.39, 0.29) is 17.9 Å². The second-order valence-corrected chi connectivity index (χ2v) is 4.90. The molecule has 10 heteroatoms. The first-order chi connectivity index (χ1) is 10.3. The van der Waals surface area contributed by atoms with Crippen molar-refractivity contribution in [1.82, 2.24) is 15.2 Å².